The summed E-state index contributed by atoms with van der Waals surface area (Å²) in [5.41, 5.74) is 3.92. The quantitative estimate of drug-likeness (QED) is 0.379. The summed E-state index contributed by atoms with van der Waals surface area (Å²) < 4.78 is 15.0. The van der Waals surface area contributed by atoms with Gasteiger partial charge in [0.25, 0.3) is 0 Å². The molecule has 190 valence electrons. The molecule has 2 amide bonds. The first-order valence-corrected chi connectivity index (χ1v) is 12.2. The Kier molecular flexibility index (Phi) is 6.71. The van der Waals surface area contributed by atoms with Gasteiger partial charge in [-0.05, 0) is 65.9 Å². The molecule has 1 saturated carbocycles. The largest absolute Gasteiger partial charge is 0.357 e. The zero-order chi connectivity index (χ0) is 26.7. The fourth-order valence-corrected chi connectivity index (χ4v) is 4.49. The van der Waals surface area contributed by atoms with E-state index in [1.54, 1.807) is 35.1 Å². The van der Waals surface area contributed by atoms with Crippen LogP contribution in [0.4, 0.5) is 4.39 Å². The van der Waals surface area contributed by atoms with Gasteiger partial charge in [0.1, 0.15) is 11.9 Å². The highest BCUT2D eigenvalue weighted by molar-refractivity contribution is 5.95. The molecule has 1 fully saturated rings. The zero-order valence-electron chi connectivity index (χ0n) is 20.7. The molecule has 3 aromatic carbocycles. The van der Waals surface area contributed by atoms with Crippen molar-refractivity contribution in [2.45, 2.75) is 30.7 Å². The standard InChI is InChI=1S/C29H25FN6O2/c1-32-27(37)26(33-28(38)29(14-15-29)22-8-10-23(30)11-9-22)16-24-18-36(35-34-24)25-12-6-21(7-13-25)20-4-2-19(17-31)3-5-20/h2-13,18,26H,14-16H2,1H3,(H,32,37)(H,33,38). The normalized spacial score (nSPS) is 14.2. The molecule has 1 atom stereocenters. The first-order chi connectivity index (χ1) is 18.4. The lowest BCUT2D eigenvalue weighted by atomic mass is 9.94. The van der Waals surface area contributed by atoms with Crippen molar-refractivity contribution in [2.75, 3.05) is 7.05 Å². The van der Waals surface area contributed by atoms with Crippen LogP contribution >= 0.6 is 0 Å². The second-order valence-electron chi connectivity index (χ2n) is 9.32. The van der Waals surface area contributed by atoms with Crippen LogP contribution in [0.15, 0.2) is 79.0 Å². The van der Waals surface area contributed by atoms with Gasteiger partial charge in [0, 0.05) is 13.5 Å². The molecule has 8 nitrogen and oxygen atoms in total. The van der Waals surface area contributed by atoms with Gasteiger partial charge >= 0.3 is 0 Å². The van der Waals surface area contributed by atoms with E-state index in [0.29, 0.717) is 24.1 Å². The fraction of sp³-hybridized carbons (Fsp3) is 0.207. The van der Waals surface area contributed by atoms with Crippen molar-refractivity contribution in [3.63, 3.8) is 0 Å². The molecule has 38 heavy (non-hydrogen) atoms. The first-order valence-electron chi connectivity index (χ1n) is 12.2. The molecule has 2 N–H and O–H groups in total. The molecule has 0 saturated heterocycles. The maximum atomic E-state index is 13.4. The number of carbonyl (C=O) groups is 2. The van der Waals surface area contributed by atoms with Crippen molar-refractivity contribution in [2.24, 2.45) is 0 Å². The summed E-state index contributed by atoms with van der Waals surface area (Å²) in [4.78, 5) is 25.8. The summed E-state index contributed by atoms with van der Waals surface area (Å²) in [5, 5.41) is 22.9. The lowest BCUT2D eigenvalue weighted by Crippen LogP contribution is -2.50. The lowest BCUT2D eigenvalue weighted by molar-refractivity contribution is -0.130. The fourth-order valence-electron chi connectivity index (χ4n) is 4.49. The van der Waals surface area contributed by atoms with Crippen LogP contribution in [0.3, 0.4) is 0 Å². The van der Waals surface area contributed by atoms with E-state index in [-0.39, 0.29) is 24.1 Å². The van der Waals surface area contributed by atoms with E-state index in [0.717, 1.165) is 22.4 Å². The van der Waals surface area contributed by atoms with Crippen LogP contribution < -0.4 is 10.6 Å². The number of halogens is 1. The molecule has 0 aliphatic heterocycles. The van der Waals surface area contributed by atoms with Crippen molar-refractivity contribution in [1.82, 2.24) is 25.6 Å². The predicted molar refractivity (Wildman–Crippen MR) is 139 cm³/mol. The van der Waals surface area contributed by atoms with Gasteiger partial charge in [-0.1, -0.05) is 41.6 Å². The predicted octanol–water partition coefficient (Wildman–Crippen LogP) is 3.45. The highest BCUT2D eigenvalue weighted by atomic mass is 19.1. The first kappa shape index (κ1) is 24.8. The second-order valence-corrected chi connectivity index (χ2v) is 9.32. The topological polar surface area (TPSA) is 113 Å². The number of benzene rings is 3. The number of rotatable bonds is 8. The monoisotopic (exact) mass is 508 g/mol. The van der Waals surface area contributed by atoms with Crippen LogP contribution in [-0.2, 0) is 21.4 Å². The number of hydrogen-bond donors (Lipinski definition) is 2. The highest BCUT2D eigenvalue weighted by Crippen LogP contribution is 2.48. The number of nitriles is 1. The molecule has 0 bridgehead atoms. The summed E-state index contributed by atoms with van der Waals surface area (Å²) in [6.07, 6.45) is 3.17. The van der Waals surface area contributed by atoms with Gasteiger partial charge in [-0.25, -0.2) is 9.07 Å². The van der Waals surface area contributed by atoms with Crippen LogP contribution in [0, 0.1) is 17.1 Å². The van der Waals surface area contributed by atoms with Crippen molar-refractivity contribution in [3.05, 3.63) is 102 Å². The molecule has 1 aliphatic rings. The lowest BCUT2D eigenvalue weighted by Gasteiger charge is -2.21. The Balaban J connectivity index is 1.29. The SMILES string of the molecule is CNC(=O)C(Cc1cn(-c2ccc(-c3ccc(C#N)cc3)cc2)nn1)NC(=O)C1(c2ccc(F)cc2)CC1. The van der Waals surface area contributed by atoms with Gasteiger partial charge in [-0.2, -0.15) is 5.26 Å². The minimum Gasteiger partial charge on any atom is -0.357 e. The van der Waals surface area contributed by atoms with Crippen molar-refractivity contribution in [3.8, 4) is 22.9 Å². The molecule has 9 heteroatoms. The van der Waals surface area contributed by atoms with E-state index in [1.165, 1.54) is 19.2 Å². The Morgan fingerprint density at radius 3 is 2.24 bits per heavy atom. The number of nitrogens with one attached hydrogen (secondary N) is 2. The maximum absolute atomic E-state index is 13.4. The van der Waals surface area contributed by atoms with Gasteiger partial charge in [0.05, 0.1) is 34.6 Å². The third-order valence-corrected chi connectivity index (χ3v) is 6.88. The molecule has 1 heterocycles. The van der Waals surface area contributed by atoms with Gasteiger partial charge in [0.15, 0.2) is 0 Å². The Morgan fingerprint density at radius 2 is 1.66 bits per heavy atom. The molecular formula is C29H25FN6O2. The third-order valence-electron chi connectivity index (χ3n) is 6.88. The summed E-state index contributed by atoms with van der Waals surface area (Å²) >= 11 is 0. The number of nitrogens with zero attached hydrogens (tertiary/aromatic N) is 4. The summed E-state index contributed by atoms with van der Waals surface area (Å²) in [6, 6.07) is 22.3. The number of amides is 2. The summed E-state index contributed by atoms with van der Waals surface area (Å²) in [6.45, 7) is 0. The zero-order valence-corrected chi connectivity index (χ0v) is 20.7. The Bertz CT molecular complexity index is 1500. The maximum Gasteiger partial charge on any atom is 0.242 e. The van der Waals surface area contributed by atoms with E-state index in [1.807, 2.05) is 36.4 Å². The number of hydrogen-bond acceptors (Lipinski definition) is 5. The van der Waals surface area contributed by atoms with E-state index < -0.39 is 11.5 Å². The molecule has 0 radical (unpaired) electrons. The minimum atomic E-state index is -0.839. The third kappa shape index (κ3) is 5.02. The van der Waals surface area contributed by atoms with Crippen LogP contribution in [0.25, 0.3) is 16.8 Å². The summed E-state index contributed by atoms with van der Waals surface area (Å²) in [5.74, 6) is -0.960. The van der Waals surface area contributed by atoms with E-state index in [9.17, 15) is 14.0 Å². The Hall–Kier alpha value is -4.84. The van der Waals surface area contributed by atoms with E-state index >= 15 is 0 Å². The molecule has 0 spiro atoms. The second kappa shape index (κ2) is 10.3. The van der Waals surface area contributed by atoms with E-state index in [2.05, 4.69) is 27.0 Å². The van der Waals surface area contributed by atoms with Crippen LogP contribution in [0.2, 0.25) is 0 Å². The Morgan fingerprint density at radius 1 is 1.03 bits per heavy atom. The van der Waals surface area contributed by atoms with Crippen LogP contribution in [0.1, 0.15) is 29.7 Å². The Labute approximate surface area is 219 Å². The molecule has 5 rings (SSSR count). The van der Waals surface area contributed by atoms with E-state index in [4.69, 9.17) is 5.26 Å². The number of aromatic nitrogens is 3. The minimum absolute atomic E-state index is 0.161. The number of carbonyl (C=O) groups excluding carboxylic acids is 2. The molecule has 1 aromatic heterocycles. The molecule has 1 unspecified atom stereocenters. The van der Waals surface area contributed by atoms with Gasteiger partial charge in [-0.15, -0.1) is 5.10 Å². The van der Waals surface area contributed by atoms with Crippen molar-refractivity contribution >= 4 is 11.8 Å². The van der Waals surface area contributed by atoms with Gasteiger partial charge < -0.3 is 10.6 Å². The van der Waals surface area contributed by atoms with Gasteiger partial charge in [0.2, 0.25) is 11.8 Å². The van der Waals surface area contributed by atoms with Crippen molar-refractivity contribution < 1.29 is 14.0 Å². The van der Waals surface area contributed by atoms with Crippen molar-refractivity contribution in [1.29, 1.82) is 5.26 Å². The van der Waals surface area contributed by atoms with Crippen LogP contribution in [0.5, 0.6) is 0 Å². The average Bonchev–Trinajstić information content (AvgIpc) is 3.64. The smallest absolute Gasteiger partial charge is 0.242 e. The molecule has 1 aliphatic carbocycles. The van der Waals surface area contributed by atoms with Gasteiger partial charge in [-0.3, -0.25) is 9.59 Å². The highest BCUT2D eigenvalue weighted by Gasteiger charge is 2.51. The molecule has 4 aromatic rings. The molecular weight excluding hydrogens is 483 g/mol. The average molecular weight is 509 g/mol. The number of likely N-dealkylation sites (N-methyl/N-ethyl adjacent to an activating group) is 1. The summed E-state index contributed by atoms with van der Waals surface area (Å²) in [7, 11) is 1.51. The van der Waals surface area contributed by atoms with Crippen LogP contribution in [-0.4, -0.2) is 39.9 Å².